The standard InChI is InChI=1S/C20H24ClN3O5/c1-23(13-3-4-14(18(13)26)24-6-5-22-17(25)10-24)20(27)16-8-11-7-12(21)9-15(28-2)19(11)29-16/h7-9,13-14,18,26H,3-6,10H2,1-2H3,(H,22,25)/t13-,14-,18-/m1/s1. The lowest BCUT2D eigenvalue weighted by atomic mass is 10.1. The van der Waals surface area contributed by atoms with Gasteiger partial charge >= 0.3 is 0 Å². The van der Waals surface area contributed by atoms with Crippen molar-refractivity contribution < 1.29 is 23.8 Å². The number of nitrogens with zero attached hydrogens (tertiary/aromatic N) is 2. The van der Waals surface area contributed by atoms with Gasteiger partial charge in [-0.15, -0.1) is 0 Å². The van der Waals surface area contributed by atoms with Crippen molar-refractivity contribution in [1.82, 2.24) is 15.1 Å². The van der Waals surface area contributed by atoms with Gasteiger partial charge in [-0.1, -0.05) is 11.6 Å². The Morgan fingerprint density at radius 2 is 2.17 bits per heavy atom. The van der Waals surface area contributed by atoms with Crippen molar-refractivity contribution >= 4 is 34.4 Å². The lowest BCUT2D eigenvalue weighted by Crippen LogP contribution is -2.55. The van der Waals surface area contributed by atoms with Crippen LogP contribution in [0.3, 0.4) is 0 Å². The maximum absolute atomic E-state index is 13.0. The Bertz CT molecular complexity index is 946. The number of amides is 2. The second-order valence-corrected chi connectivity index (χ2v) is 8.01. The van der Waals surface area contributed by atoms with Gasteiger partial charge in [-0.2, -0.15) is 0 Å². The van der Waals surface area contributed by atoms with Crippen LogP contribution in [0.25, 0.3) is 11.0 Å². The second kappa shape index (κ2) is 7.85. The Morgan fingerprint density at radius 1 is 1.38 bits per heavy atom. The quantitative estimate of drug-likeness (QED) is 0.776. The molecule has 2 amide bonds. The Kier molecular flexibility index (Phi) is 5.42. The van der Waals surface area contributed by atoms with E-state index in [0.717, 1.165) is 6.42 Å². The van der Waals surface area contributed by atoms with E-state index in [1.54, 1.807) is 25.2 Å². The van der Waals surface area contributed by atoms with Crippen molar-refractivity contribution in [1.29, 1.82) is 0 Å². The number of ether oxygens (including phenoxy) is 1. The van der Waals surface area contributed by atoms with Crippen molar-refractivity contribution in [2.45, 2.75) is 31.0 Å². The number of hydrogen-bond acceptors (Lipinski definition) is 6. The molecule has 0 radical (unpaired) electrons. The first-order valence-electron chi connectivity index (χ1n) is 9.62. The number of likely N-dealkylation sites (N-methyl/N-ethyl adjacent to an activating group) is 1. The lowest BCUT2D eigenvalue weighted by molar-refractivity contribution is -0.125. The van der Waals surface area contributed by atoms with Gasteiger partial charge in [0, 0.05) is 42.7 Å². The van der Waals surface area contributed by atoms with Crippen LogP contribution in [0.1, 0.15) is 23.4 Å². The minimum atomic E-state index is -0.733. The molecule has 1 aromatic heterocycles. The molecule has 0 unspecified atom stereocenters. The van der Waals surface area contributed by atoms with E-state index in [4.69, 9.17) is 20.8 Å². The lowest BCUT2D eigenvalue weighted by Gasteiger charge is -2.35. The SMILES string of the molecule is COc1cc(Cl)cc2cc(C(=O)N(C)[C@@H]3CC[C@@H](N4CCNC(=O)C4)[C@@H]3O)oc12. The monoisotopic (exact) mass is 421 g/mol. The van der Waals surface area contributed by atoms with E-state index in [2.05, 4.69) is 5.32 Å². The molecular formula is C20H24ClN3O5. The number of carbonyl (C=O) groups excluding carboxylic acids is 2. The highest BCUT2D eigenvalue weighted by atomic mass is 35.5. The van der Waals surface area contributed by atoms with E-state index in [9.17, 15) is 14.7 Å². The normalized spacial score (nSPS) is 25.2. The first kappa shape index (κ1) is 20.0. The van der Waals surface area contributed by atoms with E-state index < -0.39 is 6.10 Å². The van der Waals surface area contributed by atoms with Gasteiger partial charge in [-0.3, -0.25) is 14.5 Å². The number of methoxy groups -OCH3 is 1. The van der Waals surface area contributed by atoms with Crippen LogP contribution in [0.5, 0.6) is 5.75 Å². The Hall–Kier alpha value is -2.29. The van der Waals surface area contributed by atoms with Crippen LogP contribution in [0.4, 0.5) is 0 Å². The fraction of sp³-hybridized carbons (Fsp3) is 0.500. The molecule has 1 saturated carbocycles. The van der Waals surface area contributed by atoms with Crippen LogP contribution >= 0.6 is 11.6 Å². The van der Waals surface area contributed by atoms with Crippen molar-refractivity contribution in [2.24, 2.45) is 0 Å². The summed E-state index contributed by atoms with van der Waals surface area (Å²) in [4.78, 5) is 28.2. The topological polar surface area (TPSA) is 95.2 Å². The fourth-order valence-electron chi connectivity index (χ4n) is 4.37. The number of fused-ring (bicyclic) bond motifs is 1. The zero-order valence-corrected chi connectivity index (χ0v) is 17.1. The smallest absolute Gasteiger partial charge is 0.289 e. The molecule has 0 spiro atoms. The molecule has 9 heteroatoms. The zero-order valence-electron chi connectivity index (χ0n) is 16.4. The van der Waals surface area contributed by atoms with Crippen LogP contribution < -0.4 is 10.1 Å². The number of aliphatic hydroxyl groups is 1. The molecule has 2 N–H and O–H groups in total. The number of halogens is 1. The minimum absolute atomic E-state index is 0.0359. The number of piperazine rings is 1. The maximum Gasteiger partial charge on any atom is 0.289 e. The van der Waals surface area contributed by atoms with E-state index in [1.165, 1.54) is 12.0 Å². The average Bonchev–Trinajstić information content (AvgIpc) is 3.29. The highest BCUT2D eigenvalue weighted by Gasteiger charge is 2.43. The summed E-state index contributed by atoms with van der Waals surface area (Å²) in [6.07, 6.45) is 0.644. The molecule has 1 aromatic carbocycles. The highest BCUT2D eigenvalue weighted by molar-refractivity contribution is 6.31. The molecule has 8 nitrogen and oxygen atoms in total. The summed E-state index contributed by atoms with van der Waals surface area (Å²) in [5, 5.41) is 14.8. The highest BCUT2D eigenvalue weighted by Crippen LogP contribution is 2.34. The van der Waals surface area contributed by atoms with E-state index in [1.807, 2.05) is 4.90 Å². The van der Waals surface area contributed by atoms with Crippen LogP contribution in [-0.2, 0) is 4.79 Å². The van der Waals surface area contributed by atoms with Gasteiger partial charge in [0.05, 0.1) is 25.8 Å². The predicted molar refractivity (Wildman–Crippen MR) is 107 cm³/mol. The van der Waals surface area contributed by atoms with Gasteiger partial charge in [0.1, 0.15) is 0 Å². The van der Waals surface area contributed by atoms with Gasteiger partial charge in [0.25, 0.3) is 5.91 Å². The van der Waals surface area contributed by atoms with Gasteiger partial charge < -0.3 is 24.5 Å². The molecule has 0 bridgehead atoms. The first-order chi connectivity index (χ1) is 13.9. The van der Waals surface area contributed by atoms with Crippen molar-refractivity contribution in [3.63, 3.8) is 0 Å². The average molecular weight is 422 g/mol. The Labute approximate surface area is 173 Å². The summed E-state index contributed by atoms with van der Waals surface area (Å²) >= 11 is 6.09. The molecule has 1 saturated heterocycles. The largest absolute Gasteiger partial charge is 0.493 e. The van der Waals surface area contributed by atoms with Crippen molar-refractivity contribution in [3.05, 3.63) is 29.0 Å². The van der Waals surface area contributed by atoms with Crippen LogP contribution in [0.15, 0.2) is 22.6 Å². The van der Waals surface area contributed by atoms with E-state index in [-0.39, 0.29) is 36.2 Å². The first-order valence-corrected chi connectivity index (χ1v) is 10.00. The summed E-state index contributed by atoms with van der Waals surface area (Å²) in [6, 6.07) is 4.48. The van der Waals surface area contributed by atoms with E-state index in [0.29, 0.717) is 41.3 Å². The zero-order chi connectivity index (χ0) is 20.7. The third-order valence-corrected chi connectivity index (χ3v) is 6.10. The predicted octanol–water partition coefficient (Wildman–Crippen LogP) is 1.49. The molecule has 29 heavy (non-hydrogen) atoms. The molecular weight excluding hydrogens is 398 g/mol. The second-order valence-electron chi connectivity index (χ2n) is 7.58. The number of rotatable bonds is 4. The summed E-state index contributed by atoms with van der Waals surface area (Å²) < 4.78 is 11.0. The van der Waals surface area contributed by atoms with Crippen molar-refractivity contribution in [3.8, 4) is 5.75 Å². The number of aliphatic hydroxyl groups excluding tert-OH is 1. The molecule has 2 heterocycles. The molecule has 156 valence electrons. The third kappa shape index (κ3) is 3.68. The maximum atomic E-state index is 13.0. The van der Waals surface area contributed by atoms with Crippen LogP contribution in [0, 0.1) is 0 Å². The van der Waals surface area contributed by atoms with Gasteiger partial charge in [0.2, 0.25) is 5.91 Å². The number of carbonyl (C=O) groups is 2. The summed E-state index contributed by atoms with van der Waals surface area (Å²) in [7, 11) is 3.18. The molecule has 4 rings (SSSR count). The third-order valence-electron chi connectivity index (χ3n) is 5.88. The van der Waals surface area contributed by atoms with E-state index >= 15 is 0 Å². The molecule has 2 fully saturated rings. The van der Waals surface area contributed by atoms with Crippen LogP contribution in [-0.4, -0.2) is 78.7 Å². The Morgan fingerprint density at radius 3 is 2.90 bits per heavy atom. The van der Waals surface area contributed by atoms with Gasteiger partial charge in [0.15, 0.2) is 17.1 Å². The van der Waals surface area contributed by atoms with Crippen molar-refractivity contribution in [2.75, 3.05) is 33.8 Å². The van der Waals surface area contributed by atoms with Gasteiger partial charge in [-0.05, 0) is 25.0 Å². The number of furan rings is 1. The Balaban J connectivity index is 1.52. The molecule has 3 atom stereocenters. The summed E-state index contributed by atoms with van der Waals surface area (Å²) in [5.41, 5.74) is 0.456. The molecule has 1 aliphatic heterocycles. The number of hydrogen-bond donors (Lipinski definition) is 2. The summed E-state index contributed by atoms with van der Waals surface area (Å²) in [6.45, 7) is 1.54. The minimum Gasteiger partial charge on any atom is -0.493 e. The summed E-state index contributed by atoms with van der Waals surface area (Å²) in [5.74, 6) is 0.265. The fourth-order valence-corrected chi connectivity index (χ4v) is 4.59. The molecule has 1 aliphatic carbocycles. The van der Waals surface area contributed by atoms with Crippen LogP contribution in [0.2, 0.25) is 5.02 Å². The van der Waals surface area contributed by atoms with Gasteiger partial charge in [-0.25, -0.2) is 0 Å². The number of benzene rings is 1. The molecule has 2 aromatic rings. The number of nitrogens with one attached hydrogen (secondary N) is 1. The molecule has 2 aliphatic rings.